The first kappa shape index (κ1) is 59.2. The SMILES string of the molecule is CCCCC/C=C\C/C=C\C/C=C\CC1OC1CCCC(=O)OC[C@H](COP(=O)(O)OCC[N+](C)(C)C)OC(=O)CCCCCCCCCCCCCCCCCCCCCCC. The van der Waals surface area contributed by atoms with Gasteiger partial charge >= 0.3 is 19.8 Å². The van der Waals surface area contributed by atoms with Crippen LogP contribution in [0.2, 0.25) is 0 Å². The Hall–Kier alpha value is -1.81. The summed E-state index contributed by atoms with van der Waals surface area (Å²) in [5.41, 5.74) is 0. The molecule has 0 saturated carbocycles. The summed E-state index contributed by atoms with van der Waals surface area (Å²) in [4.78, 5) is 35.7. The first-order valence-electron chi connectivity index (χ1n) is 25.8. The number of unbranched alkanes of at least 4 members (excludes halogenated alkanes) is 23. The number of nitrogens with zero attached hydrogens (tertiary/aromatic N) is 1. The van der Waals surface area contributed by atoms with Gasteiger partial charge in [0.2, 0.25) is 0 Å². The smallest absolute Gasteiger partial charge is 0.462 e. The van der Waals surface area contributed by atoms with E-state index >= 15 is 0 Å². The molecule has 4 atom stereocenters. The van der Waals surface area contributed by atoms with Gasteiger partial charge in [0.25, 0.3) is 0 Å². The summed E-state index contributed by atoms with van der Waals surface area (Å²) in [6.45, 7) is 4.34. The van der Waals surface area contributed by atoms with Gasteiger partial charge in [0.15, 0.2) is 6.10 Å². The van der Waals surface area contributed by atoms with Gasteiger partial charge in [0.05, 0.1) is 40.0 Å². The van der Waals surface area contributed by atoms with Gasteiger partial charge in [0.1, 0.15) is 19.8 Å². The van der Waals surface area contributed by atoms with Crippen molar-refractivity contribution < 1.29 is 46.8 Å². The fourth-order valence-corrected chi connectivity index (χ4v) is 8.20. The number of likely N-dealkylation sites (N-methyl/N-ethyl adjacent to an activating group) is 1. The molecule has 0 aromatic carbocycles. The number of epoxide rings is 1. The minimum Gasteiger partial charge on any atom is -0.462 e. The van der Waals surface area contributed by atoms with E-state index < -0.39 is 32.5 Å². The third-order valence-electron chi connectivity index (χ3n) is 11.6. The molecule has 1 rings (SSSR count). The number of hydrogen-bond donors (Lipinski definition) is 1. The molecule has 3 unspecified atom stereocenters. The maximum atomic E-state index is 12.8. The molecular formula is C52H97NO9P+. The number of carbonyl (C=O) groups is 2. The van der Waals surface area contributed by atoms with Crippen molar-refractivity contribution in [1.82, 2.24) is 0 Å². The van der Waals surface area contributed by atoms with Crippen molar-refractivity contribution in [2.24, 2.45) is 0 Å². The third kappa shape index (κ3) is 41.4. The van der Waals surface area contributed by atoms with E-state index in [0.29, 0.717) is 23.9 Å². The summed E-state index contributed by atoms with van der Waals surface area (Å²) in [6.07, 6.45) is 49.3. The number of phosphoric ester groups is 1. The number of hydrogen-bond acceptors (Lipinski definition) is 8. The van der Waals surface area contributed by atoms with Gasteiger partial charge in [-0.25, -0.2) is 4.57 Å². The Morgan fingerprint density at radius 3 is 1.60 bits per heavy atom. The Morgan fingerprint density at radius 1 is 0.587 bits per heavy atom. The van der Waals surface area contributed by atoms with Crippen LogP contribution in [0.5, 0.6) is 0 Å². The topological polar surface area (TPSA) is 121 Å². The van der Waals surface area contributed by atoms with Crippen LogP contribution in [0.1, 0.15) is 219 Å². The molecule has 1 saturated heterocycles. The molecule has 11 heteroatoms. The highest BCUT2D eigenvalue weighted by molar-refractivity contribution is 7.47. The van der Waals surface area contributed by atoms with E-state index in [2.05, 4.69) is 50.3 Å². The summed E-state index contributed by atoms with van der Waals surface area (Å²) in [5.74, 6) is -0.866. The van der Waals surface area contributed by atoms with Crippen molar-refractivity contribution >= 4 is 19.8 Å². The summed E-state index contributed by atoms with van der Waals surface area (Å²) >= 11 is 0. The van der Waals surface area contributed by atoms with Crippen molar-refractivity contribution in [3.63, 3.8) is 0 Å². The van der Waals surface area contributed by atoms with Crippen LogP contribution >= 0.6 is 7.82 Å². The van der Waals surface area contributed by atoms with E-state index in [0.717, 1.165) is 38.5 Å². The van der Waals surface area contributed by atoms with Gasteiger partial charge < -0.3 is 23.6 Å². The van der Waals surface area contributed by atoms with Gasteiger partial charge in [-0.15, -0.1) is 0 Å². The Bertz CT molecular complexity index is 1230. The van der Waals surface area contributed by atoms with Crippen molar-refractivity contribution in [2.45, 2.75) is 238 Å². The average molecular weight is 911 g/mol. The van der Waals surface area contributed by atoms with Crippen LogP contribution in [0.25, 0.3) is 0 Å². The number of phosphoric acid groups is 1. The minimum atomic E-state index is -4.40. The highest BCUT2D eigenvalue weighted by Gasteiger charge is 2.36. The molecular weight excluding hydrogens is 814 g/mol. The van der Waals surface area contributed by atoms with E-state index in [4.69, 9.17) is 23.3 Å². The maximum absolute atomic E-state index is 12.8. The van der Waals surface area contributed by atoms with Crippen molar-refractivity contribution in [3.05, 3.63) is 36.5 Å². The second-order valence-corrected chi connectivity index (χ2v) is 20.4. The molecule has 368 valence electrons. The Balaban J connectivity index is 2.25. The molecule has 1 heterocycles. The molecule has 10 nitrogen and oxygen atoms in total. The molecule has 0 amide bonds. The number of ether oxygens (including phenoxy) is 3. The maximum Gasteiger partial charge on any atom is 0.472 e. The lowest BCUT2D eigenvalue weighted by Gasteiger charge is -2.24. The van der Waals surface area contributed by atoms with E-state index in [-0.39, 0.29) is 38.3 Å². The zero-order valence-electron chi connectivity index (χ0n) is 41.3. The quantitative estimate of drug-likeness (QED) is 0.0159. The Morgan fingerprint density at radius 2 is 1.06 bits per heavy atom. The first-order chi connectivity index (χ1) is 30.5. The van der Waals surface area contributed by atoms with E-state index in [1.165, 1.54) is 141 Å². The van der Waals surface area contributed by atoms with E-state index in [9.17, 15) is 19.0 Å². The predicted octanol–water partition coefficient (Wildman–Crippen LogP) is 14.2. The molecule has 1 aliphatic heterocycles. The third-order valence-corrected chi connectivity index (χ3v) is 12.6. The number of quaternary nitrogens is 1. The summed E-state index contributed by atoms with van der Waals surface area (Å²) < 4.78 is 40.3. The molecule has 0 spiro atoms. The highest BCUT2D eigenvalue weighted by Crippen LogP contribution is 2.43. The van der Waals surface area contributed by atoms with Gasteiger partial charge in [0, 0.05) is 12.8 Å². The van der Waals surface area contributed by atoms with Crippen LogP contribution in [0, 0.1) is 0 Å². The van der Waals surface area contributed by atoms with Crippen LogP contribution in [-0.2, 0) is 37.4 Å². The molecule has 1 N–H and O–H groups in total. The Kier molecular flexibility index (Phi) is 38.0. The average Bonchev–Trinajstić information content (AvgIpc) is 3.99. The van der Waals surface area contributed by atoms with Crippen LogP contribution < -0.4 is 0 Å². The monoisotopic (exact) mass is 911 g/mol. The molecule has 0 bridgehead atoms. The van der Waals surface area contributed by atoms with Crippen LogP contribution in [0.4, 0.5) is 0 Å². The van der Waals surface area contributed by atoms with Gasteiger partial charge in [-0.05, 0) is 51.4 Å². The second kappa shape index (κ2) is 40.5. The van der Waals surface area contributed by atoms with Crippen molar-refractivity contribution in [3.8, 4) is 0 Å². The minimum absolute atomic E-state index is 0.0206. The number of allylic oxidation sites excluding steroid dienone is 5. The number of esters is 2. The molecule has 0 aromatic rings. The molecule has 0 aromatic heterocycles. The first-order valence-corrected chi connectivity index (χ1v) is 27.3. The largest absolute Gasteiger partial charge is 0.472 e. The van der Waals surface area contributed by atoms with Crippen LogP contribution in [-0.4, -0.2) is 87.1 Å². The van der Waals surface area contributed by atoms with Crippen LogP contribution in [0.3, 0.4) is 0 Å². The molecule has 1 aliphatic rings. The zero-order valence-corrected chi connectivity index (χ0v) is 42.2. The van der Waals surface area contributed by atoms with Gasteiger partial charge in [-0.2, -0.15) is 0 Å². The predicted molar refractivity (Wildman–Crippen MR) is 261 cm³/mol. The number of rotatable bonds is 46. The zero-order chi connectivity index (χ0) is 46.1. The summed E-state index contributed by atoms with van der Waals surface area (Å²) in [6, 6.07) is 0. The lowest BCUT2D eigenvalue weighted by Crippen LogP contribution is -2.37. The molecule has 0 aliphatic carbocycles. The van der Waals surface area contributed by atoms with Gasteiger partial charge in [-0.3, -0.25) is 18.6 Å². The standard InChI is InChI=1S/C52H96NO9P/c1-6-8-10-12-14-16-18-20-21-22-23-24-25-26-27-28-30-32-34-36-38-42-52(55)61-48(47-60-63(56,57)59-45-44-53(3,4)5)46-58-51(54)43-39-41-50-49(62-50)40-37-35-33-31-29-19-17-15-13-11-9-7-2/h15,17,29,31,35,37,48-50H,6-14,16,18-28,30,32-34,36,38-47H2,1-5H3/p+1/b17-15-,31-29-,37-35-/t48-,49?,50?/m1/s1. The normalized spacial score (nSPS) is 16.9. The summed E-state index contributed by atoms with van der Waals surface area (Å²) in [7, 11) is 1.44. The molecule has 0 radical (unpaired) electrons. The fourth-order valence-electron chi connectivity index (χ4n) is 7.46. The summed E-state index contributed by atoms with van der Waals surface area (Å²) in [5, 5.41) is 0. The fraction of sp³-hybridized carbons (Fsp3) is 0.846. The van der Waals surface area contributed by atoms with Gasteiger partial charge in [-0.1, -0.05) is 192 Å². The van der Waals surface area contributed by atoms with Crippen LogP contribution in [0.15, 0.2) is 36.5 Å². The Labute approximate surface area is 386 Å². The second-order valence-electron chi connectivity index (χ2n) is 18.9. The number of carbonyl (C=O) groups excluding carboxylic acids is 2. The lowest BCUT2D eigenvalue weighted by atomic mass is 10.0. The highest BCUT2D eigenvalue weighted by atomic mass is 31.2. The molecule has 1 fully saturated rings. The van der Waals surface area contributed by atoms with E-state index in [1.807, 2.05) is 21.1 Å². The van der Waals surface area contributed by atoms with Crippen molar-refractivity contribution in [1.29, 1.82) is 0 Å². The van der Waals surface area contributed by atoms with Crippen molar-refractivity contribution in [2.75, 3.05) is 47.5 Å². The molecule has 63 heavy (non-hydrogen) atoms. The lowest BCUT2D eigenvalue weighted by molar-refractivity contribution is -0.870. The van der Waals surface area contributed by atoms with E-state index in [1.54, 1.807) is 0 Å².